The zero-order chi connectivity index (χ0) is 11.6. The van der Waals surface area contributed by atoms with Crippen molar-refractivity contribution in [2.45, 2.75) is 31.1 Å². The SMILES string of the molecule is COc1cc(C2(C(=O)O)CCCC2)ccn1. The molecular formula is C12H15NO3. The van der Waals surface area contributed by atoms with Gasteiger partial charge in [-0.3, -0.25) is 4.79 Å². The maximum Gasteiger partial charge on any atom is 0.314 e. The molecule has 0 unspecified atom stereocenters. The van der Waals surface area contributed by atoms with E-state index in [1.54, 1.807) is 18.3 Å². The van der Waals surface area contributed by atoms with Crippen LogP contribution in [-0.4, -0.2) is 23.2 Å². The van der Waals surface area contributed by atoms with Crippen LogP contribution in [0.15, 0.2) is 18.3 Å². The van der Waals surface area contributed by atoms with E-state index in [0.717, 1.165) is 18.4 Å². The van der Waals surface area contributed by atoms with Gasteiger partial charge in [-0.2, -0.15) is 0 Å². The molecule has 1 aliphatic rings. The zero-order valence-corrected chi connectivity index (χ0v) is 9.27. The fourth-order valence-corrected chi connectivity index (χ4v) is 2.42. The molecule has 4 nitrogen and oxygen atoms in total. The van der Waals surface area contributed by atoms with Gasteiger partial charge in [0.25, 0.3) is 0 Å². The molecule has 16 heavy (non-hydrogen) atoms. The number of ether oxygens (including phenoxy) is 1. The zero-order valence-electron chi connectivity index (χ0n) is 9.27. The number of methoxy groups -OCH3 is 1. The molecule has 0 amide bonds. The van der Waals surface area contributed by atoms with Crippen LogP contribution in [0.25, 0.3) is 0 Å². The number of carboxylic acid groups (broad SMARTS) is 1. The Bertz CT molecular complexity index is 397. The number of carbonyl (C=O) groups is 1. The molecule has 4 heteroatoms. The number of hydrogen-bond donors (Lipinski definition) is 1. The first-order valence-corrected chi connectivity index (χ1v) is 5.43. The van der Waals surface area contributed by atoms with Crippen molar-refractivity contribution < 1.29 is 14.6 Å². The van der Waals surface area contributed by atoms with Crippen LogP contribution in [-0.2, 0) is 10.2 Å². The number of aromatic nitrogens is 1. The largest absolute Gasteiger partial charge is 0.481 e. The summed E-state index contributed by atoms with van der Waals surface area (Å²) in [6.45, 7) is 0. The van der Waals surface area contributed by atoms with E-state index in [1.807, 2.05) is 0 Å². The Balaban J connectivity index is 2.43. The molecule has 0 aromatic carbocycles. The molecule has 1 N–H and O–H groups in total. The third-order valence-electron chi connectivity index (χ3n) is 3.36. The number of carboxylic acids is 1. The van der Waals surface area contributed by atoms with Crippen molar-refractivity contribution in [1.29, 1.82) is 0 Å². The summed E-state index contributed by atoms with van der Waals surface area (Å²) in [6, 6.07) is 3.52. The normalized spacial score (nSPS) is 18.3. The van der Waals surface area contributed by atoms with Crippen molar-refractivity contribution in [2.24, 2.45) is 0 Å². The minimum Gasteiger partial charge on any atom is -0.481 e. The van der Waals surface area contributed by atoms with Crippen molar-refractivity contribution in [1.82, 2.24) is 4.98 Å². The number of pyridine rings is 1. The molecule has 1 saturated carbocycles. The van der Waals surface area contributed by atoms with E-state index in [4.69, 9.17) is 4.74 Å². The van der Waals surface area contributed by atoms with Gasteiger partial charge in [-0.1, -0.05) is 12.8 Å². The van der Waals surface area contributed by atoms with E-state index in [-0.39, 0.29) is 0 Å². The van der Waals surface area contributed by atoms with Crippen LogP contribution in [0.2, 0.25) is 0 Å². The monoisotopic (exact) mass is 221 g/mol. The van der Waals surface area contributed by atoms with E-state index in [0.29, 0.717) is 18.7 Å². The van der Waals surface area contributed by atoms with Crippen LogP contribution >= 0.6 is 0 Å². The van der Waals surface area contributed by atoms with Gasteiger partial charge in [0.2, 0.25) is 5.88 Å². The Morgan fingerprint density at radius 3 is 2.75 bits per heavy atom. The molecule has 1 heterocycles. The van der Waals surface area contributed by atoms with Crippen LogP contribution in [0.4, 0.5) is 0 Å². The number of nitrogens with zero attached hydrogens (tertiary/aromatic N) is 1. The van der Waals surface area contributed by atoms with Crippen molar-refractivity contribution in [3.8, 4) is 5.88 Å². The lowest BCUT2D eigenvalue weighted by Crippen LogP contribution is -2.32. The lowest BCUT2D eigenvalue weighted by atomic mass is 9.79. The topological polar surface area (TPSA) is 59.4 Å². The maximum atomic E-state index is 11.5. The predicted molar refractivity (Wildman–Crippen MR) is 58.6 cm³/mol. The van der Waals surface area contributed by atoms with E-state index >= 15 is 0 Å². The summed E-state index contributed by atoms with van der Waals surface area (Å²) in [5.41, 5.74) is 0.0836. The Morgan fingerprint density at radius 1 is 1.50 bits per heavy atom. The second-order valence-electron chi connectivity index (χ2n) is 4.18. The van der Waals surface area contributed by atoms with Gasteiger partial charge in [-0.05, 0) is 24.5 Å². The summed E-state index contributed by atoms with van der Waals surface area (Å²) in [7, 11) is 1.54. The quantitative estimate of drug-likeness (QED) is 0.847. The molecular weight excluding hydrogens is 206 g/mol. The Kier molecular flexibility index (Phi) is 2.81. The van der Waals surface area contributed by atoms with E-state index < -0.39 is 11.4 Å². The van der Waals surface area contributed by atoms with Crippen LogP contribution in [0, 0.1) is 0 Å². The average Bonchev–Trinajstić information content (AvgIpc) is 2.79. The van der Waals surface area contributed by atoms with E-state index in [2.05, 4.69) is 4.98 Å². The van der Waals surface area contributed by atoms with E-state index in [9.17, 15) is 9.90 Å². The van der Waals surface area contributed by atoms with E-state index in [1.165, 1.54) is 7.11 Å². The van der Waals surface area contributed by atoms with Gasteiger partial charge in [0.05, 0.1) is 12.5 Å². The summed E-state index contributed by atoms with van der Waals surface area (Å²) in [5, 5.41) is 9.42. The molecule has 0 bridgehead atoms. The second kappa shape index (κ2) is 4.12. The van der Waals surface area contributed by atoms with Gasteiger partial charge >= 0.3 is 5.97 Å². The summed E-state index contributed by atoms with van der Waals surface area (Å²) >= 11 is 0. The minimum absolute atomic E-state index is 0.477. The highest BCUT2D eigenvalue weighted by Gasteiger charge is 2.43. The van der Waals surface area contributed by atoms with Crippen LogP contribution < -0.4 is 4.74 Å². The molecule has 0 atom stereocenters. The molecule has 0 spiro atoms. The Labute approximate surface area is 94.3 Å². The Hall–Kier alpha value is -1.58. The van der Waals surface area contributed by atoms with Crippen LogP contribution in [0.1, 0.15) is 31.2 Å². The molecule has 2 rings (SSSR count). The van der Waals surface area contributed by atoms with Gasteiger partial charge < -0.3 is 9.84 Å². The molecule has 86 valence electrons. The lowest BCUT2D eigenvalue weighted by molar-refractivity contribution is -0.143. The molecule has 1 aromatic rings. The highest BCUT2D eigenvalue weighted by Crippen LogP contribution is 2.41. The van der Waals surface area contributed by atoms with Gasteiger partial charge in [0.15, 0.2) is 0 Å². The van der Waals surface area contributed by atoms with Crippen molar-refractivity contribution in [3.05, 3.63) is 23.9 Å². The van der Waals surface area contributed by atoms with Crippen molar-refractivity contribution in [2.75, 3.05) is 7.11 Å². The smallest absolute Gasteiger partial charge is 0.314 e. The summed E-state index contributed by atoms with van der Waals surface area (Å²) in [4.78, 5) is 15.5. The van der Waals surface area contributed by atoms with Crippen LogP contribution in [0.3, 0.4) is 0 Å². The molecule has 1 fully saturated rings. The third kappa shape index (κ3) is 1.64. The average molecular weight is 221 g/mol. The Morgan fingerprint density at radius 2 is 2.19 bits per heavy atom. The first kappa shape index (κ1) is 10.9. The first-order valence-electron chi connectivity index (χ1n) is 5.43. The molecule has 1 aromatic heterocycles. The van der Waals surface area contributed by atoms with Gasteiger partial charge in [-0.25, -0.2) is 4.98 Å². The van der Waals surface area contributed by atoms with Crippen molar-refractivity contribution in [3.63, 3.8) is 0 Å². The fourth-order valence-electron chi connectivity index (χ4n) is 2.42. The van der Waals surface area contributed by atoms with Gasteiger partial charge in [-0.15, -0.1) is 0 Å². The van der Waals surface area contributed by atoms with Gasteiger partial charge in [0.1, 0.15) is 0 Å². The van der Waals surface area contributed by atoms with Crippen LogP contribution in [0.5, 0.6) is 5.88 Å². The number of hydrogen-bond acceptors (Lipinski definition) is 3. The molecule has 0 saturated heterocycles. The standard InChI is InChI=1S/C12H15NO3/c1-16-10-8-9(4-7-13-10)12(11(14)15)5-2-3-6-12/h4,7-8H,2-3,5-6H2,1H3,(H,14,15). The third-order valence-corrected chi connectivity index (χ3v) is 3.36. The highest BCUT2D eigenvalue weighted by atomic mass is 16.5. The maximum absolute atomic E-state index is 11.5. The number of rotatable bonds is 3. The lowest BCUT2D eigenvalue weighted by Gasteiger charge is -2.24. The fraction of sp³-hybridized carbons (Fsp3) is 0.500. The molecule has 0 aliphatic heterocycles. The van der Waals surface area contributed by atoms with Gasteiger partial charge in [0, 0.05) is 12.3 Å². The molecule has 0 radical (unpaired) electrons. The molecule has 1 aliphatic carbocycles. The summed E-state index contributed by atoms with van der Waals surface area (Å²) < 4.78 is 5.04. The predicted octanol–water partition coefficient (Wildman–Crippen LogP) is 1.99. The highest BCUT2D eigenvalue weighted by molar-refractivity contribution is 5.81. The second-order valence-corrected chi connectivity index (χ2v) is 4.18. The summed E-state index contributed by atoms with van der Waals surface area (Å²) in [5.74, 6) is -0.261. The summed E-state index contributed by atoms with van der Waals surface area (Å²) in [6.07, 6.45) is 4.95. The first-order chi connectivity index (χ1) is 7.69. The minimum atomic E-state index is -0.738. The van der Waals surface area contributed by atoms with Crippen molar-refractivity contribution >= 4 is 5.97 Å². The number of aliphatic carboxylic acids is 1.